The standard InChI is InChI=1S/C16H15FN4O5/c17-10-3-1-2-9(6-10)7-18-14(25)11-8-19-16(21-15(11)26)20-12(22)4-5-13(23)24/h1-3,6,8H,4-5,7H2,(H,18,25)(H,23,24)(H2,19,20,21,22,26). The summed E-state index contributed by atoms with van der Waals surface area (Å²) in [5, 5.41) is 23.0. The van der Waals surface area contributed by atoms with E-state index in [9.17, 15) is 23.9 Å². The number of aliphatic carboxylic acids is 1. The molecule has 0 radical (unpaired) electrons. The van der Waals surface area contributed by atoms with Crippen molar-refractivity contribution in [3.63, 3.8) is 0 Å². The van der Waals surface area contributed by atoms with Crippen LogP contribution in [0, 0.1) is 5.82 Å². The zero-order chi connectivity index (χ0) is 19.1. The molecule has 0 saturated heterocycles. The minimum Gasteiger partial charge on any atom is -0.493 e. The van der Waals surface area contributed by atoms with E-state index in [4.69, 9.17) is 5.11 Å². The molecule has 2 aromatic rings. The molecule has 1 aromatic carbocycles. The van der Waals surface area contributed by atoms with Crippen LogP contribution in [0.25, 0.3) is 0 Å². The number of rotatable bonds is 7. The smallest absolute Gasteiger partial charge is 0.303 e. The Morgan fingerprint density at radius 3 is 2.62 bits per heavy atom. The van der Waals surface area contributed by atoms with Gasteiger partial charge in [-0.3, -0.25) is 19.7 Å². The van der Waals surface area contributed by atoms with Crippen molar-refractivity contribution in [2.24, 2.45) is 0 Å². The molecule has 1 aromatic heterocycles. The highest BCUT2D eigenvalue weighted by Crippen LogP contribution is 2.15. The van der Waals surface area contributed by atoms with E-state index in [2.05, 4.69) is 20.6 Å². The Bertz CT molecular complexity index is 843. The van der Waals surface area contributed by atoms with E-state index >= 15 is 0 Å². The normalized spacial score (nSPS) is 10.2. The third-order valence-electron chi connectivity index (χ3n) is 3.17. The number of hydrogen-bond donors (Lipinski definition) is 4. The predicted octanol–water partition coefficient (Wildman–Crippen LogP) is 1.05. The Morgan fingerprint density at radius 1 is 1.19 bits per heavy atom. The number of carboxylic acid groups (broad SMARTS) is 1. The molecule has 0 bridgehead atoms. The van der Waals surface area contributed by atoms with Crippen molar-refractivity contribution in [3.8, 4) is 5.88 Å². The van der Waals surface area contributed by atoms with Crippen LogP contribution in [-0.4, -0.2) is 38.0 Å². The van der Waals surface area contributed by atoms with Gasteiger partial charge in [0.05, 0.1) is 6.42 Å². The number of aromatic nitrogens is 2. The third-order valence-corrected chi connectivity index (χ3v) is 3.17. The van der Waals surface area contributed by atoms with E-state index in [1.54, 1.807) is 6.07 Å². The van der Waals surface area contributed by atoms with Crippen molar-refractivity contribution in [1.29, 1.82) is 0 Å². The molecule has 2 rings (SSSR count). The van der Waals surface area contributed by atoms with Crippen LogP contribution in [0.5, 0.6) is 5.88 Å². The minimum atomic E-state index is -1.13. The average molecular weight is 362 g/mol. The van der Waals surface area contributed by atoms with Gasteiger partial charge in [0, 0.05) is 19.2 Å². The first-order valence-electron chi connectivity index (χ1n) is 7.45. The van der Waals surface area contributed by atoms with Gasteiger partial charge in [-0.25, -0.2) is 9.37 Å². The van der Waals surface area contributed by atoms with Crippen LogP contribution in [0.4, 0.5) is 10.3 Å². The number of nitrogens with one attached hydrogen (secondary N) is 2. The van der Waals surface area contributed by atoms with Crippen molar-refractivity contribution in [2.75, 3.05) is 5.32 Å². The van der Waals surface area contributed by atoms with Gasteiger partial charge in [0.25, 0.3) is 5.91 Å². The molecular weight excluding hydrogens is 347 g/mol. The quantitative estimate of drug-likeness (QED) is 0.577. The minimum absolute atomic E-state index is 0.0315. The lowest BCUT2D eigenvalue weighted by Crippen LogP contribution is -2.24. The van der Waals surface area contributed by atoms with E-state index in [1.165, 1.54) is 18.2 Å². The molecule has 9 nitrogen and oxygen atoms in total. The summed E-state index contributed by atoms with van der Waals surface area (Å²) in [5.74, 6) is -3.82. The van der Waals surface area contributed by atoms with Crippen molar-refractivity contribution in [3.05, 3.63) is 47.4 Å². The molecular formula is C16H15FN4O5. The molecule has 26 heavy (non-hydrogen) atoms. The lowest BCUT2D eigenvalue weighted by atomic mass is 10.2. The number of carbonyl (C=O) groups is 3. The van der Waals surface area contributed by atoms with Crippen LogP contribution < -0.4 is 10.6 Å². The molecule has 0 saturated carbocycles. The number of halogens is 1. The molecule has 0 unspecified atom stereocenters. The fourth-order valence-corrected chi connectivity index (χ4v) is 1.93. The molecule has 0 atom stereocenters. The Balaban J connectivity index is 1.96. The second-order valence-corrected chi connectivity index (χ2v) is 5.19. The van der Waals surface area contributed by atoms with Gasteiger partial charge in [-0.05, 0) is 17.7 Å². The molecule has 0 spiro atoms. The van der Waals surface area contributed by atoms with Crippen LogP contribution in [0.2, 0.25) is 0 Å². The van der Waals surface area contributed by atoms with E-state index in [0.29, 0.717) is 5.56 Å². The van der Waals surface area contributed by atoms with Crippen molar-refractivity contribution in [2.45, 2.75) is 19.4 Å². The number of amides is 2. The molecule has 0 fully saturated rings. The van der Waals surface area contributed by atoms with Crippen molar-refractivity contribution >= 4 is 23.7 Å². The van der Waals surface area contributed by atoms with E-state index in [0.717, 1.165) is 6.20 Å². The Labute approximate surface area is 146 Å². The number of anilines is 1. The predicted molar refractivity (Wildman–Crippen MR) is 86.8 cm³/mol. The number of nitrogens with zero attached hydrogens (tertiary/aromatic N) is 2. The molecule has 4 N–H and O–H groups in total. The van der Waals surface area contributed by atoms with E-state index < -0.39 is 29.5 Å². The van der Waals surface area contributed by atoms with E-state index in [-0.39, 0.29) is 30.9 Å². The summed E-state index contributed by atoms with van der Waals surface area (Å²) in [5.41, 5.74) is 0.297. The maximum absolute atomic E-state index is 13.1. The largest absolute Gasteiger partial charge is 0.493 e. The van der Waals surface area contributed by atoms with Gasteiger partial charge in [-0.2, -0.15) is 4.98 Å². The summed E-state index contributed by atoms with van der Waals surface area (Å²) in [6.07, 6.45) is 0.365. The van der Waals surface area contributed by atoms with Crippen LogP contribution in [0.1, 0.15) is 28.8 Å². The summed E-state index contributed by atoms with van der Waals surface area (Å²) in [7, 11) is 0. The number of benzene rings is 1. The van der Waals surface area contributed by atoms with Gasteiger partial charge in [0.15, 0.2) is 0 Å². The summed E-state index contributed by atoms with van der Waals surface area (Å²) < 4.78 is 13.1. The van der Waals surface area contributed by atoms with Gasteiger partial charge in [0.2, 0.25) is 17.7 Å². The Kier molecular flexibility index (Phi) is 6.15. The van der Waals surface area contributed by atoms with Crippen molar-refractivity contribution in [1.82, 2.24) is 15.3 Å². The highest BCUT2D eigenvalue weighted by atomic mass is 19.1. The van der Waals surface area contributed by atoms with Gasteiger partial charge < -0.3 is 15.5 Å². The summed E-state index contributed by atoms with van der Waals surface area (Å²) >= 11 is 0. The number of aromatic hydroxyl groups is 1. The zero-order valence-corrected chi connectivity index (χ0v) is 13.4. The highest BCUT2D eigenvalue weighted by molar-refractivity contribution is 5.96. The molecule has 0 aliphatic carbocycles. The zero-order valence-electron chi connectivity index (χ0n) is 13.4. The van der Waals surface area contributed by atoms with Crippen LogP contribution in [-0.2, 0) is 16.1 Å². The fourth-order valence-electron chi connectivity index (χ4n) is 1.93. The molecule has 136 valence electrons. The third kappa shape index (κ3) is 5.51. The average Bonchev–Trinajstić information content (AvgIpc) is 2.58. The fraction of sp³-hybridized carbons (Fsp3) is 0.188. The second kappa shape index (κ2) is 8.51. The van der Waals surface area contributed by atoms with Crippen LogP contribution in [0.3, 0.4) is 0 Å². The topological polar surface area (TPSA) is 142 Å². The summed E-state index contributed by atoms with van der Waals surface area (Å²) in [6, 6.07) is 5.65. The Hall–Kier alpha value is -3.56. The number of carboxylic acids is 1. The first-order valence-corrected chi connectivity index (χ1v) is 7.45. The summed E-state index contributed by atoms with van der Waals surface area (Å²) in [6.45, 7) is 0.0315. The molecule has 1 heterocycles. The van der Waals surface area contributed by atoms with Gasteiger partial charge >= 0.3 is 5.97 Å². The first kappa shape index (κ1) is 18.8. The summed E-state index contributed by atoms with van der Waals surface area (Å²) in [4.78, 5) is 41.2. The number of hydrogen-bond acceptors (Lipinski definition) is 6. The van der Waals surface area contributed by atoms with E-state index in [1.807, 2.05) is 0 Å². The lowest BCUT2D eigenvalue weighted by Gasteiger charge is -2.08. The van der Waals surface area contributed by atoms with Gasteiger partial charge in [0.1, 0.15) is 11.4 Å². The first-order chi connectivity index (χ1) is 12.3. The lowest BCUT2D eigenvalue weighted by molar-refractivity contribution is -0.138. The second-order valence-electron chi connectivity index (χ2n) is 5.19. The molecule has 2 amide bonds. The maximum atomic E-state index is 13.1. The molecule has 0 aliphatic rings. The molecule has 0 aliphatic heterocycles. The van der Waals surface area contributed by atoms with Crippen LogP contribution in [0.15, 0.2) is 30.5 Å². The molecule has 10 heteroatoms. The SMILES string of the molecule is O=C(O)CCC(=O)Nc1ncc(C(=O)NCc2cccc(F)c2)c(O)n1. The monoisotopic (exact) mass is 362 g/mol. The Morgan fingerprint density at radius 2 is 1.96 bits per heavy atom. The van der Waals surface area contributed by atoms with Gasteiger partial charge in [-0.1, -0.05) is 12.1 Å². The maximum Gasteiger partial charge on any atom is 0.303 e. The number of carbonyl (C=O) groups excluding carboxylic acids is 2. The highest BCUT2D eigenvalue weighted by Gasteiger charge is 2.15. The van der Waals surface area contributed by atoms with Crippen LogP contribution >= 0.6 is 0 Å². The van der Waals surface area contributed by atoms with Gasteiger partial charge in [-0.15, -0.1) is 0 Å². The van der Waals surface area contributed by atoms with Crippen molar-refractivity contribution < 1.29 is 29.0 Å².